The third kappa shape index (κ3) is 3.39. The van der Waals surface area contributed by atoms with Crippen molar-refractivity contribution in [2.24, 2.45) is 7.05 Å². The molecule has 7 heteroatoms. The molecule has 0 aliphatic heterocycles. The molecule has 0 aliphatic rings. The lowest BCUT2D eigenvalue weighted by atomic mass is 9.99. The maximum Gasteiger partial charge on any atom is 0.291 e. The minimum Gasteiger partial charge on any atom is -0.327 e. The molecule has 0 fully saturated rings. The number of nitrogens with one attached hydrogen (secondary N) is 1. The lowest BCUT2D eigenvalue weighted by Crippen LogP contribution is -2.20. The Bertz CT molecular complexity index is 1330. The zero-order valence-corrected chi connectivity index (χ0v) is 17.4. The number of aromatic nitrogens is 4. The van der Waals surface area contributed by atoms with Crippen LogP contribution in [0.3, 0.4) is 0 Å². The van der Waals surface area contributed by atoms with Crippen LogP contribution in [0, 0.1) is 13.8 Å². The van der Waals surface area contributed by atoms with Gasteiger partial charge in [-0.15, -0.1) is 0 Å². The van der Waals surface area contributed by atoms with Crippen molar-refractivity contribution in [3.63, 3.8) is 0 Å². The Morgan fingerprint density at radius 2 is 1.90 bits per heavy atom. The van der Waals surface area contributed by atoms with E-state index in [4.69, 9.17) is 0 Å². The van der Waals surface area contributed by atoms with Crippen LogP contribution in [0.4, 0.5) is 5.69 Å². The Morgan fingerprint density at radius 3 is 2.67 bits per heavy atom. The molecule has 0 aliphatic carbocycles. The van der Waals surface area contributed by atoms with E-state index in [0.29, 0.717) is 23.6 Å². The number of carbonyl (C=O) groups excluding carboxylic acids is 1. The van der Waals surface area contributed by atoms with Gasteiger partial charge in [0.2, 0.25) is 0 Å². The Balaban J connectivity index is 1.77. The standard InChI is InChI=1S/C23H23N5O2/c1-5-28-9-8-24-21(28)22(29)26-17-7-6-14(2)18(12-17)19-11-16-13-25-15(3)10-20(16)27(4)23(19)30/h6-13H,5H2,1-4H3,(H,26,29). The highest BCUT2D eigenvalue weighted by molar-refractivity contribution is 6.02. The molecular weight excluding hydrogens is 378 g/mol. The van der Waals surface area contributed by atoms with Gasteiger partial charge in [-0.3, -0.25) is 14.6 Å². The third-order valence-electron chi connectivity index (χ3n) is 5.29. The monoisotopic (exact) mass is 401 g/mol. The molecule has 3 heterocycles. The van der Waals surface area contributed by atoms with Gasteiger partial charge >= 0.3 is 0 Å². The van der Waals surface area contributed by atoms with Gasteiger partial charge in [0.15, 0.2) is 5.82 Å². The smallest absolute Gasteiger partial charge is 0.291 e. The van der Waals surface area contributed by atoms with Crippen molar-refractivity contribution in [2.45, 2.75) is 27.3 Å². The fourth-order valence-corrected chi connectivity index (χ4v) is 3.61. The summed E-state index contributed by atoms with van der Waals surface area (Å²) in [6.45, 7) is 6.45. The predicted octanol–water partition coefficient (Wildman–Crippen LogP) is 3.69. The normalized spacial score (nSPS) is 11.1. The van der Waals surface area contributed by atoms with Crippen molar-refractivity contribution in [2.75, 3.05) is 5.32 Å². The third-order valence-corrected chi connectivity index (χ3v) is 5.29. The van der Waals surface area contributed by atoms with Crippen molar-refractivity contribution < 1.29 is 4.79 Å². The van der Waals surface area contributed by atoms with Crippen molar-refractivity contribution in [1.29, 1.82) is 0 Å². The lowest BCUT2D eigenvalue weighted by Gasteiger charge is -2.13. The van der Waals surface area contributed by atoms with Crippen molar-refractivity contribution in [3.8, 4) is 11.1 Å². The minimum atomic E-state index is -0.289. The first kappa shape index (κ1) is 19.6. The van der Waals surface area contributed by atoms with Crippen LogP contribution in [0.25, 0.3) is 22.0 Å². The van der Waals surface area contributed by atoms with Gasteiger partial charge in [-0.25, -0.2) is 4.98 Å². The molecule has 0 saturated heterocycles. The van der Waals surface area contributed by atoms with E-state index >= 15 is 0 Å². The summed E-state index contributed by atoms with van der Waals surface area (Å²) < 4.78 is 3.42. The van der Waals surface area contributed by atoms with Gasteiger partial charge in [0.25, 0.3) is 11.5 Å². The Kier molecular flexibility index (Phi) is 4.95. The number of fused-ring (bicyclic) bond motifs is 1. The van der Waals surface area contributed by atoms with Crippen molar-refractivity contribution in [3.05, 3.63) is 76.4 Å². The molecule has 30 heavy (non-hydrogen) atoms. The number of rotatable bonds is 4. The number of benzene rings is 1. The molecule has 0 bridgehead atoms. The second-order valence-electron chi connectivity index (χ2n) is 7.33. The van der Waals surface area contributed by atoms with Gasteiger partial charge in [-0.1, -0.05) is 6.07 Å². The number of hydrogen-bond acceptors (Lipinski definition) is 4. The summed E-state index contributed by atoms with van der Waals surface area (Å²) in [5.74, 6) is 0.0606. The molecule has 1 amide bonds. The maximum absolute atomic E-state index is 13.1. The number of nitrogens with zero attached hydrogens (tertiary/aromatic N) is 4. The summed E-state index contributed by atoms with van der Waals surface area (Å²) in [5.41, 5.74) is 4.49. The topological polar surface area (TPSA) is 81.8 Å². The van der Waals surface area contributed by atoms with E-state index in [0.717, 1.165) is 27.7 Å². The van der Waals surface area contributed by atoms with Crippen LogP contribution >= 0.6 is 0 Å². The number of aryl methyl sites for hydroxylation is 4. The lowest BCUT2D eigenvalue weighted by molar-refractivity contribution is 0.101. The predicted molar refractivity (Wildman–Crippen MR) is 118 cm³/mol. The first-order valence-electron chi connectivity index (χ1n) is 9.79. The van der Waals surface area contributed by atoms with Crippen LogP contribution in [-0.2, 0) is 13.6 Å². The molecule has 4 rings (SSSR count). The average Bonchev–Trinajstić information content (AvgIpc) is 3.22. The highest BCUT2D eigenvalue weighted by Gasteiger charge is 2.15. The number of amides is 1. The summed E-state index contributed by atoms with van der Waals surface area (Å²) >= 11 is 0. The zero-order valence-electron chi connectivity index (χ0n) is 17.4. The zero-order chi connectivity index (χ0) is 21.4. The molecule has 0 unspecified atom stereocenters. The van der Waals surface area contributed by atoms with Gasteiger partial charge in [-0.05, 0) is 56.2 Å². The Hall–Kier alpha value is -3.74. The van der Waals surface area contributed by atoms with Gasteiger partial charge < -0.3 is 14.5 Å². The van der Waals surface area contributed by atoms with E-state index in [1.165, 1.54) is 0 Å². The molecule has 152 valence electrons. The molecule has 7 nitrogen and oxygen atoms in total. The SMILES string of the molecule is CCn1ccnc1C(=O)Nc1ccc(C)c(-c2cc3cnc(C)cc3n(C)c2=O)c1. The molecule has 0 saturated carbocycles. The van der Waals surface area contributed by atoms with Crippen LogP contribution in [0.5, 0.6) is 0 Å². The van der Waals surface area contributed by atoms with Gasteiger partial charge in [0, 0.05) is 54.5 Å². The highest BCUT2D eigenvalue weighted by atomic mass is 16.2. The van der Waals surface area contributed by atoms with E-state index in [1.54, 1.807) is 34.8 Å². The van der Waals surface area contributed by atoms with E-state index in [-0.39, 0.29) is 11.5 Å². The largest absolute Gasteiger partial charge is 0.327 e. The molecule has 3 aromatic heterocycles. The van der Waals surface area contributed by atoms with Crippen LogP contribution in [0.1, 0.15) is 28.8 Å². The van der Waals surface area contributed by atoms with Crippen LogP contribution in [0.2, 0.25) is 0 Å². The first-order valence-corrected chi connectivity index (χ1v) is 9.79. The molecule has 1 aromatic carbocycles. The molecule has 0 atom stereocenters. The summed E-state index contributed by atoms with van der Waals surface area (Å²) in [6.07, 6.45) is 5.15. The Labute approximate surface area is 174 Å². The number of hydrogen-bond donors (Lipinski definition) is 1. The van der Waals surface area contributed by atoms with Crippen LogP contribution < -0.4 is 10.9 Å². The van der Waals surface area contributed by atoms with E-state index < -0.39 is 0 Å². The van der Waals surface area contributed by atoms with E-state index in [9.17, 15) is 9.59 Å². The second kappa shape index (κ2) is 7.59. The fourth-order valence-electron chi connectivity index (χ4n) is 3.61. The van der Waals surface area contributed by atoms with Crippen LogP contribution in [0.15, 0.2) is 53.7 Å². The second-order valence-corrected chi connectivity index (χ2v) is 7.33. The highest BCUT2D eigenvalue weighted by Crippen LogP contribution is 2.27. The Morgan fingerprint density at radius 1 is 1.10 bits per heavy atom. The van der Waals surface area contributed by atoms with E-state index in [1.807, 2.05) is 51.1 Å². The molecule has 4 aromatic rings. The molecule has 0 spiro atoms. The van der Waals surface area contributed by atoms with Crippen LogP contribution in [-0.4, -0.2) is 25.0 Å². The van der Waals surface area contributed by atoms with E-state index in [2.05, 4.69) is 15.3 Å². The average molecular weight is 401 g/mol. The number of pyridine rings is 2. The summed E-state index contributed by atoms with van der Waals surface area (Å²) in [6, 6.07) is 9.32. The van der Waals surface area contributed by atoms with Gasteiger partial charge in [-0.2, -0.15) is 0 Å². The van der Waals surface area contributed by atoms with Crippen molar-refractivity contribution in [1.82, 2.24) is 19.1 Å². The molecule has 0 radical (unpaired) electrons. The van der Waals surface area contributed by atoms with Gasteiger partial charge in [0.1, 0.15) is 0 Å². The summed E-state index contributed by atoms with van der Waals surface area (Å²) in [5, 5.41) is 3.78. The molecular formula is C23H23N5O2. The first-order chi connectivity index (χ1) is 14.4. The number of anilines is 1. The number of carbonyl (C=O) groups is 1. The molecule has 1 N–H and O–H groups in total. The quantitative estimate of drug-likeness (QED) is 0.565. The fraction of sp³-hybridized carbons (Fsp3) is 0.217. The van der Waals surface area contributed by atoms with Crippen molar-refractivity contribution >= 4 is 22.5 Å². The van der Waals surface area contributed by atoms with Gasteiger partial charge in [0.05, 0.1) is 5.52 Å². The summed E-state index contributed by atoms with van der Waals surface area (Å²) in [4.78, 5) is 34.2. The maximum atomic E-state index is 13.1. The number of imidazole rings is 1. The minimum absolute atomic E-state index is 0.0961. The summed E-state index contributed by atoms with van der Waals surface area (Å²) in [7, 11) is 1.76.